The molecule has 1 N–H and O–H groups in total. The second-order valence-electron chi connectivity index (χ2n) is 6.80. The zero-order valence-corrected chi connectivity index (χ0v) is 18.1. The Kier molecular flexibility index (Phi) is 5.87. The molecule has 0 radical (unpaired) electrons. The SMILES string of the molecule is CC(=O)NC1CC(n2cc(I)c3c(C)ncnc32)C(OC(C)=O)C1OC(C)=O. The highest BCUT2D eigenvalue weighted by atomic mass is 127. The number of esters is 2. The van der Waals surface area contributed by atoms with Gasteiger partial charge in [0.2, 0.25) is 5.91 Å². The fraction of sp³-hybridized carbons (Fsp3) is 0.500. The molecule has 10 heteroatoms. The van der Waals surface area contributed by atoms with Crippen LogP contribution in [-0.4, -0.2) is 50.6 Å². The van der Waals surface area contributed by atoms with E-state index in [-0.39, 0.29) is 11.9 Å². The van der Waals surface area contributed by atoms with Crippen LogP contribution in [0.2, 0.25) is 0 Å². The van der Waals surface area contributed by atoms with Gasteiger partial charge in [-0.15, -0.1) is 0 Å². The van der Waals surface area contributed by atoms with E-state index in [9.17, 15) is 14.4 Å². The van der Waals surface area contributed by atoms with Crippen LogP contribution in [-0.2, 0) is 23.9 Å². The molecule has 4 atom stereocenters. The lowest BCUT2D eigenvalue weighted by Gasteiger charge is -2.26. The van der Waals surface area contributed by atoms with Crippen molar-refractivity contribution in [2.45, 2.75) is 58.4 Å². The van der Waals surface area contributed by atoms with Gasteiger partial charge in [-0.1, -0.05) is 0 Å². The van der Waals surface area contributed by atoms with Gasteiger partial charge in [0.1, 0.15) is 12.0 Å². The van der Waals surface area contributed by atoms with E-state index in [0.29, 0.717) is 12.1 Å². The number of amides is 1. The summed E-state index contributed by atoms with van der Waals surface area (Å²) >= 11 is 2.21. The van der Waals surface area contributed by atoms with Gasteiger partial charge in [-0.25, -0.2) is 9.97 Å². The molecule has 1 fully saturated rings. The topological polar surface area (TPSA) is 112 Å². The number of hydrogen-bond acceptors (Lipinski definition) is 7. The average Bonchev–Trinajstić information content (AvgIpc) is 3.06. The molecule has 2 aromatic rings. The van der Waals surface area contributed by atoms with Crippen LogP contribution in [0.3, 0.4) is 0 Å². The van der Waals surface area contributed by atoms with E-state index in [0.717, 1.165) is 14.7 Å². The molecule has 150 valence electrons. The normalized spacial score (nSPS) is 24.2. The standard InChI is InChI=1S/C18H21IN4O5/c1-8-15-12(19)6-23(18(15)21-7-20-8)14-5-13(22-9(2)24)16(27-10(3)25)17(14)28-11(4)26/h6-7,13-14,16-17H,5H2,1-4H3,(H,22,24). The Morgan fingerprint density at radius 2 is 1.79 bits per heavy atom. The number of ether oxygens (including phenoxy) is 2. The van der Waals surface area contributed by atoms with Crippen molar-refractivity contribution in [2.75, 3.05) is 0 Å². The fourth-order valence-electron chi connectivity index (χ4n) is 3.77. The van der Waals surface area contributed by atoms with Crippen molar-refractivity contribution in [1.29, 1.82) is 0 Å². The summed E-state index contributed by atoms with van der Waals surface area (Å²) in [5.74, 6) is -1.26. The van der Waals surface area contributed by atoms with Gasteiger partial charge < -0.3 is 19.4 Å². The molecule has 1 saturated carbocycles. The van der Waals surface area contributed by atoms with E-state index in [1.165, 1.54) is 27.1 Å². The molecule has 3 rings (SSSR count). The van der Waals surface area contributed by atoms with Gasteiger partial charge in [0, 0.05) is 30.5 Å². The van der Waals surface area contributed by atoms with Gasteiger partial charge in [-0.3, -0.25) is 14.4 Å². The van der Waals surface area contributed by atoms with E-state index >= 15 is 0 Å². The predicted molar refractivity (Wildman–Crippen MR) is 107 cm³/mol. The van der Waals surface area contributed by atoms with Gasteiger partial charge in [-0.2, -0.15) is 0 Å². The number of nitrogens with zero attached hydrogens (tertiary/aromatic N) is 3. The molecular formula is C18H21IN4O5. The fourth-order valence-corrected chi connectivity index (χ4v) is 4.70. The molecule has 9 nitrogen and oxygen atoms in total. The minimum atomic E-state index is -0.798. The Morgan fingerprint density at radius 1 is 1.14 bits per heavy atom. The lowest BCUT2D eigenvalue weighted by molar-refractivity contribution is -0.165. The van der Waals surface area contributed by atoms with Crippen LogP contribution in [0.1, 0.15) is 38.9 Å². The summed E-state index contributed by atoms with van der Waals surface area (Å²) in [5, 5.41) is 3.72. The third kappa shape index (κ3) is 3.96. The zero-order valence-electron chi connectivity index (χ0n) is 15.9. The molecule has 0 aromatic carbocycles. The number of rotatable bonds is 4. The van der Waals surface area contributed by atoms with Crippen LogP contribution in [0.15, 0.2) is 12.5 Å². The molecule has 1 amide bonds. The molecule has 1 aliphatic rings. The number of nitrogens with one attached hydrogen (secondary N) is 1. The summed E-state index contributed by atoms with van der Waals surface area (Å²) < 4.78 is 13.9. The van der Waals surface area contributed by atoms with Crippen LogP contribution in [0.4, 0.5) is 0 Å². The number of halogens is 1. The minimum Gasteiger partial charge on any atom is -0.456 e. The quantitative estimate of drug-likeness (QED) is 0.502. The van der Waals surface area contributed by atoms with Crippen molar-refractivity contribution in [2.24, 2.45) is 0 Å². The Labute approximate surface area is 175 Å². The van der Waals surface area contributed by atoms with E-state index in [4.69, 9.17) is 9.47 Å². The van der Waals surface area contributed by atoms with Gasteiger partial charge >= 0.3 is 11.9 Å². The number of aromatic nitrogens is 3. The van der Waals surface area contributed by atoms with Crippen molar-refractivity contribution >= 4 is 51.5 Å². The van der Waals surface area contributed by atoms with E-state index < -0.39 is 30.2 Å². The lowest BCUT2D eigenvalue weighted by Crippen LogP contribution is -2.45. The van der Waals surface area contributed by atoms with Crippen molar-refractivity contribution in [3.8, 4) is 0 Å². The molecule has 0 spiro atoms. The molecule has 28 heavy (non-hydrogen) atoms. The van der Waals surface area contributed by atoms with Crippen LogP contribution < -0.4 is 5.32 Å². The third-order valence-electron chi connectivity index (χ3n) is 4.70. The van der Waals surface area contributed by atoms with E-state index in [2.05, 4.69) is 37.9 Å². The molecule has 0 aliphatic heterocycles. The molecule has 2 heterocycles. The summed E-state index contributed by atoms with van der Waals surface area (Å²) in [5.41, 5.74) is 1.54. The van der Waals surface area contributed by atoms with Gasteiger partial charge in [-0.05, 0) is 35.9 Å². The highest BCUT2D eigenvalue weighted by molar-refractivity contribution is 14.1. The number of carbonyl (C=O) groups excluding carboxylic acids is 3. The second-order valence-corrected chi connectivity index (χ2v) is 7.96. The number of aryl methyl sites for hydroxylation is 1. The summed E-state index contributed by atoms with van der Waals surface area (Å²) in [6, 6.07) is -0.862. The first-order chi connectivity index (χ1) is 13.2. The summed E-state index contributed by atoms with van der Waals surface area (Å²) in [6.45, 7) is 5.88. The highest BCUT2D eigenvalue weighted by Crippen LogP contribution is 2.38. The Hall–Kier alpha value is -2.24. The van der Waals surface area contributed by atoms with Crippen LogP contribution >= 0.6 is 22.6 Å². The largest absolute Gasteiger partial charge is 0.456 e. The lowest BCUT2D eigenvalue weighted by atomic mass is 10.2. The molecular weight excluding hydrogens is 479 g/mol. The van der Waals surface area contributed by atoms with Crippen LogP contribution in [0.25, 0.3) is 11.0 Å². The van der Waals surface area contributed by atoms with E-state index in [1.54, 1.807) is 0 Å². The first kappa shape index (κ1) is 20.5. The first-order valence-corrected chi connectivity index (χ1v) is 9.86. The monoisotopic (exact) mass is 500 g/mol. The molecule has 1 aliphatic carbocycles. The number of fused-ring (bicyclic) bond motifs is 1. The van der Waals surface area contributed by atoms with Crippen molar-refractivity contribution in [1.82, 2.24) is 19.9 Å². The molecule has 0 saturated heterocycles. The smallest absolute Gasteiger partial charge is 0.303 e. The maximum absolute atomic E-state index is 11.8. The molecule has 4 unspecified atom stereocenters. The third-order valence-corrected chi connectivity index (χ3v) is 5.52. The van der Waals surface area contributed by atoms with Gasteiger partial charge in [0.15, 0.2) is 12.2 Å². The van der Waals surface area contributed by atoms with E-state index in [1.807, 2.05) is 17.7 Å². The van der Waals surface area contributed by atoms with Gasteiger partial charge in [0.25, 0.3) is 0 Å². The first-order valence-electron chi connectivity index (χ1n) is 8.78. The minimum absolute atomic E-state index is 0.255. The Morgan fingerprint density at radius 3 is 2.39 bits per heavy atom. The summed E-state index contributed by atoms with van der Waals surface area (Å²) in [6.07, 6.45) is 2.25. The Bertz CT molecular complexity index is 943. The highest BCUT2D eigenvalue weighted by Gasteiger charge is 2.49. The summed E-state index contributed by atoms with van der Waals surface area (Å²) in [7, 11) is 0. The van der Waals surface area contributed by atoms with Crippen molar-refractivity contribution in [3.63, 3.8) is 0 Å². The Balaban J connectivity index is 2.09. The van der Waals surface area contributed by atoms with Crippen molar-refractivity contribution in [3.05, 3.63) is 21.8 Å². The second kappa shape index (κ2) is 8.02. The predicted octanol–water partition coefficient (Wildman–Crippen LogP) is 1.66. The number of hydrogen-bond donors (Lipinski definition) is 1. The zero-order chi connectivity index (χ0) is 20.6. The maximum Gasteiger partial charge on any atom is 0.303 e. The maximum atomic E-state index is 11.8. The summed E-state index contributed by atoms with van der Waals surface area (Å²) in [4.78, 5) is 43.8. The van der Waals surface area contributed by atoms with Gasteiger partial charge in [0.05, 0.1) is 23.2 Å². The van der Waals surface area contributed by atoms with Crippen molar-refractivity contribution < 1.29 is 23.9 Å². The van der Waals surface area contributed by atoms with Crippen LogP contribution in [0.5, 0.6) is 0 Å². The van der Waals surface area contributed by atoms with Crippen LogP contribution in [0, 0.1) is 10.5 Å². The average molecular weight is 500 g/mol. The molecule has 0 bridgehead atoms. The number of carbonyl (C=O) groups is 3. The molecule has 2 aromatic heterocycles.